The summed E-state index contributed by atoms with van der Waals surface area (Å²) in [5.74, 6) is -2.18. The van der Waals surface area contributed by atoms with E-state index in [4.69, 9.17) is 16.2 Å². The van der Waals surface area contributed by atoms with Gasteiger partial charge in [0.15, 0.2) is 11.2 Å². The van der Waals surface area contributed by atoms with Gasteiger partial charge in [-0.2, -0.15) is 4.98 Å². The van der Waals surface area contributed by atoms with Gasteiger partial charge >= 0.3 is 5.97 Å². The number of H-pyrrole nitrogens is 1. The number of ether oxygens (including phenoxy) is 1. The quantitative estimate of drug-likeness (QED) is 0.106. The number of aromatic nitrogens is 4. The average Bonchev–Trinajstić information content (AvgIpc) is 3.02. The molecule has 3 atom stereocenters. The Morgan fingerprint density at radius 3 is 2.46 bits per heavy atom. The lowest BCUT2D eigenvalue weighted by Crippen LogP contribution is -2.42. The molecule has 2 aromatic heterocycles. The number of aliphatic carboxylic acids is 1. The molecule has 15 nitrogen and oxygen atoms in total. The lowest BCUT2D eigenvalue weighted by atomic mass is 9.95. The topological polar surface area (TPSA) is 240 Å². The molecule has 0 aliphatic rings. The number of amides is 2. The van der Waals surface area contributed by atoms with Crippen molar-refractivity contribution in [2.45, 2.75) is 89.9 Å². The second-order valence-electron chi connectivity index (χ2n) is 11.8. The van der Waals surface area contributed by atoms with E-state index in [2.05, 4.69) is 35.9 Å². The van der Waals surface area contributed by atoms with E-state index in [0.717, 1.165) is 19.3 Å². The molecule has 2 heterocycles. The molecule has 0 radical (unpaired) electrons. The number of fused-ring (bicyclic) bond motifs is 1. The fourth-order valence-corrected chi connectivity index (χ4v) is 4.38. The van der Waals surface area contributed by atoms with Gasteiger partial charge in [0.1, 0.15) is 6.04 Å². The Labute approximate surface area is 267 Å². The molecule has 0 saturated heterocycles. The van der Waals surface area contributed by atoms with Crippen LogP contribution in [0.5, 0.6) is 0 Å². The average molecular weight is 640 g/mol. The Hall–Kier alpha value is -4.63. The first-order valence-corrected chi connectivity index (χ1v) is 15.3. The Bertz CT molecular complexity index is 1560. The molecule has 0 bridgehead atoms. The van der Waals surface area contributed by atoms with Crippen LogP contribution in [-0.2, 0) is 20.9 Å². The Kier molecular flexibility index (Phi) is 12.5. The summed E-state index contributed by atoms with van der Waals surface area (Å²) in [5.41, 5.74) is 12.1. The molecule has 15 heteroatoms. The van der Waals surface area contributed by atoms with Gasteiger partial charge < -0.3 is 37.3 Å². The Morgan fingerprint density at radius 2 is 1.80 bits per heavy atom. The molecule has 0 aliphatic carbocycles. The summed E-state index contributed by atoms with van der Waals surface area (Å²) in [6, 6.07) is 5.12. The number of hydrogen-bond acceptors (Lipinski definition) is 11. The minimum atomic E-state index is -1.25. The van der Waals surface area contributed by atoms with Gasteiger partial charge in [0.2, 0.25) is 11.9 Å². The first-order chi connectivity index (χ1) is 21.7. The van der Waals surface area contributed by atoms with Gasteiger partial charge in [0, 0.05) is 36.4 Å². The molecule has 46 heavy (non-hydrogen) atoms. The highest BCUT2D eigenvalue weighted by Gasteiger charge is 2.25. The molecule has 1 aromatic carbocycles. The zero-order valence-corrected chi connectivity index (χ0v) is 26.8. The van der Waals surface area contributed by atoms with Crippen LogP contribution in [0.15, 0.2) is 35.3 Å². The Morgan fingerprint density at radius 1 is 1.09 bits per heavy atom. The molecule has 9 N–H and O–H groups in total. The number of nitrogens with zero attached hydrogens (tertiary/aromatic N) is 3. The van der Waals surface area contributed by atoms with E-state index in [1.54, 1.807) is 12.1 Å². The van der Waals surface area contributed by atoms with Crippen LogP contribution >= 0.6 is 0 Å². The van der Waals surface area contributed by atoms with Crippen LogP contribution in [0.4, 0.5) is 11.6 Å². The standard InChI is InChI=1S/C31H45N9O6/c1-5-30(3,33)14-16-46-31(4,6-2)13-15-34-23(41)12-11-22(28(44)45)38-26(42)19-7-9-20(10-8-19)35-17-21-18-36-25-24(37-21)27(43)40-29(32)39-25/h7-10,18,22,35H,5-6,11-17,33H2,1-4H3,(H,34,41)(H,38,42)(H,44,45)(H3,32,36,39,40,43)/t22-,30?,31?/m0/s1. The number of carboxylic acids is 1. The third kappa shape index (κ3) is 10.8. The van der Waals surface area contributed by atoms with E-state index < -0.39 is 29.1 Å². The number of benzene rings is 1. The number of anilines is 2. The molecule has 0 fully saturated rings. The minimum Gasteiger partial charge on any atom is -0.480 e. The van der Waals surface area contributed by atoms with Crippen molar-refractivity contribution in [1.29, 1.82) is 0 Å². The van der Waals surface area contributed by atoms with E-state index in [9.17, 15) is 24.3 Å². The minimum absolute atomic E-state index is 0.0481. The summed E-state index contributed by atoms with van der Waals surface area (Å²) >= 11 is 0. The van der Waals surface area contributed by atoms with Gasteiger partial charge in [-0.05, 0) is 70.2 Å². The number of nitrogen functional groups attached to an aromatic ring is 1. The third-order valence-electron chi connectivity index (χ3n) is 8.03. The van der Waals surface area contributed by atoms with Crippen molar-refractivity contribution in [3.63, 3.8) is 0 Å². The number of nitrogens with two attached hydrogens (primary N) is 2. The van der Waals surface area contributed by atoms with Crippen molar-refractivity contribution < 1.29 is 24.2 Å². The maximum Gasteiger partial charge on any atom is 0.326 e. The number of carbonyl (C=O) groups excluding carboxylic acids is 2. The molecule has 2 unspecified atom stereocenters. The Balaban J connectivity index is 1.45. The van der Waals surface area contributed by atoms with Crippen molar-refractivity contribution in [1.82, 2.24) is 30.6 Å². The van der Waals surface area contributed by atoms with Gasteiger partial charge in [-0.15, -0.1) is 0 Å². The maximum atomic E-state index is 12.8. The molecule has 0 spiro atoms. The number of aromatic amines is 1. The summed E-state index contributed by atoms with van der Waals surface area (Å²) in [4.78, 5) is 63.8. The number of rotatable bonds is 18. The maximum absolute atomic E-state index is 12.8. The van der Waals surface area contributed by atoms with Crippen LogP contribution in [0.25, 0.3) is 11.2 Å². The predicted octanol–water partition coefficient (Wildman–Crippen LogP) is 2.08. The predicted molar refractivity (Wildman–Crippen MR) is 174 cm³/mol. The fraction of sp³-hybridized carbons (Fsp3) is 0.516. The monoisotopic (exact) mass is 639 g/mol. The number of carbonyl (C=O) groups is 3. The normalized spacial score (nSPS) is 14.5. The summed E-state index contributed by atoms with van der Waals surface area (Å²) in [7, 11) is 0. The first-order valence-electron chi connectivity index (χ1n) is 15.3. The molecule has 0 saturated carbocycles. The van der Waals surface area contributed by atoms with E-state index in [1.807, 2.05) is 27.7 Å². The van der Waals surface area contributed by atoms with Gasteiger partial charge in [0.05, 0.1) is 24.0 Å². The van der Waals surface area contributed by atoms with Crippen molar-refractivity contribution in [2.24, 2.45) is 5.73 Å². The molecule has 2 amide bonds. The summed E-state index contributed by atoms with van der Waals surface area (Å²) in [6.45, 7) is 9.19. The molecule has 0 aliphatic heterocycles. The lowest BCUT2D eigenvalue weighted by Gasteiger charge is -2.31. The van der Waals surface area contributed by atoms with Crippen LogP contribution in [0.1, 0.15) is 82.3 Å². The van der Waals surface area contributed by atoms with E-state index >= 15 is 0 Å². The lowest BCUT2D eigenvalue weighted by molar-refractivity contribution is -0.139. The summed E-state index contributed by atoms with van der Waals surface area (Å²) in [5, 5.41) is 18.1. The van der Waals surface area contributed by atoms with Crippen LogP contribution in [0.3, 0.4) is 0 Å². The summed E-state index contributed by atoms with van der Waals surface area (Å²) in [6.07, 6.45) is 4.26. The first kappa shape index (κ1) is 35.8. The van der Waals surface area contributed by atoms with Crippen molar-refractivity contribution in [3.05, 3.63) is 52.1 Å². The van der Waals surface area contributed by atoms with Crippen molar-refractivity contribution in [2.75, 3.05) is 24.2 Å². The smallest absolute Gasteiger partial charge is 0.326 e. The van der Waals surface area contributed by atoms with Gasteiger partial charge in [0.25, 0.3) is 11.5 Å². The second kappa shape index (κ2) is 16.1. The van der Waals surface area contributed by atoms with E-state index in [-0.39, 0.29) is 53.5 Å². The number of hydrogen-bond donors (Lipinski definition) is 7. The third-order valence-corrected chi connectivity index (χ3v) is 8.03. The van der Waals surface area contributed by atoms with E-state index in [1.165, 1.54) is 18.3 Å². The second-order valence-corrected chi connectivity index (χ2v) is 11.8. The zero-order valence-electron chi connectivity index (χ0n) is 26.8. The van der Waals surface area contributed by atoms with Crippen LogP contribution in [0.2, 0.25) is 0 Å². The zero-order chi connectivity index (χ0) is 33.9. The molecule has 250 valence electrons. The largest absolute Gasteiger partial charge is 0.480 e. The number of nitrogens with one attached hydrogen (secondary N) is 4. The molecule has 3 aromatic rings. The molecule has 3 rings (SSSR count). The van der Waals surface area contributed by atoms with Crippen LogP contribution < -0.4 is 33.0 Å². The van der Waals surface area contributed by atoms with E-state index in [0.29, 0.717) is 31.0 Å². The number of carboxylic acid groups (broad SMARTS) is 1. The molecular weight excluding hydrogens is 594 g/mol. The molecular formula is C31H45N9O6. The van der Waals surface area contributed by atoms with Gasteiger partial charge in [-0.25, -0.2) is 14.8 Å². The van der Waals surface area contributed by atoms with Crippen LogP contribution in [0, 0.1) is 0 Å². The highest BCUT2D eigenvalue weighted by atomic mass is 16.5. The highest BCUT2D eigenvalue weighted by Crippen LogP contribution is 2.21. The SMILES string of the molecule is CCC(C)(N)CCOC(C)(CC)CCNC(=O)CC[C@H](NC(=O)c1ccc(NCc2cnc3nc(N)[nH]c(=O)c3n2)cc1)C(=O)O. The van der Waals surface area contributed by atoms with Crippen LogP contribution in [-0.4, -0.2) is 73.2 Å². The summed E-state index contributed by atoms with van der Waals surface area (Å²) < 4.78 is 6.09. The van der Waals surface area contributed by atoms with Crippen molar-refractivity contribution in [3.8, 4) is 0 Å². The van der Waals surface area contributed by atoms with Gasteiger partial charge in [-0.3, -0.25) is 19.4 Å². The van der Waals surface area contributed by atoms with Crippen molar-refractivity contribution >= 4 is 40.6 Å². The van der Waals surface area contributed by atoms with Gasteiger partial charge in [-0.1, -0.05) is 13.8 Å². The fourth-order valence-electron chi connectivity index (χ4n) is 4.38. The highest BCUT2D eigenvalue weighted by molar-refractivity contribution is 5.97.